The number of amides is 1. The molecule has 0 bridgehead atoms. The van der Waals surface area contributed by atoms with Crippen LogP contribution in [0.3, 0.4) is 0 Å². The number of carbonyl (C=O) groups is 2. The Hall–Kier alpha value is -2.89. The first-order valence-corrected chi connectivity index (χ1v) is 6.33. The Morgan fingerprint density at radius 2 is 1.90 bits per heavy atom. The summed E-state index contributed by atoms with van der Waals surface area (Å²) in [6.45, 7) is 0.469. The molecule has 0 radical (unpaired) electrons. The van der Waals surface area contributed by atoms with Crippen molar-refractivity contribution in [3.05, 3.63) is 63.7 Å². The zero-order valence-corrected chi connectivity index (χ0v) is 10.9. The fraction of sp³-hybridized carbons (Fsp3) is 0.133. The van der Waals surface area contributed by atoms with E-state index in [2.05, 4.69) is 0 Å². The van der Waals surface area contributed by atoms with E-state index in [9.17, 15) is 14.4 Å². The molecule has 1 aromatic carbocycles. The number of rotatable bonds is 2. The highest BCUT2D eigenvalue weighted by Crippen LogP contribution is 2.30. The van der Waals surface area contributed by atoms with Gasteiger partial charge in [0.1, 0.15) is 6.26 Å². The Kier molecular flexibility index (Phi) is 3.06. The standard InChI is InChI=1S/C15H11NO5/c17-13-4-2-11(8-21-13)14(18)16-6-5-9-7-10(15(19)20)1-3-12(9)16/h1-4,7-8H,5-6H2,(H,19,20). The normalized spacial score (nSPS) is 13.0. The van der Waals surface area contributed by atoms with E-state index in [-0.39, 0.29) is 17.0 Å². The molecular weight excluding hydrogens is 274 g/mol. The zero-order chi connectivity index (χ0) is 15.0. The number of nitrogens with zero attached hydrogens (tertiary/aromatic N) is 1. The summed E-state index contributed by atoms with van der Waals surface area (Å²) in [5.41, 5.74) is 1.48. The SMILES string of the molecule is O=C(O)c1ccc2c(c1)CCN2C(=O)c1ccc(=O)oc1. The molecule has 0 fully saturated rings. The monoisotopic (exact) mass is 285 g/mol. The minimum Gasteiger partial charge on any atom is -0.478 e. The van der Waals surface area contributed by atoms with Crippen molar-refractivity contribution in [3.8, 4) is 0 Å². The van der Waals surface area contributed by atoms with E-state index in [1.54, 1.807) is 17.0 Å². The first kappa shape index (κ1) is 13.1. The van der Waals surface area contributed by atoms with Gasteiger partial charge in [-0.3, -0.25) is 4.79 Å². The van der Waals surface area contributed by atoms with Crippen LogP contribution in [-0.4, -0.2) is 23.5 Å². The maximum Gasteiger partial charge on any atom is 0.335 e. The minimum atomic E-state index is -0.993. The van der Waals surface area contributed by atoms with Gasteiger partial charge in [-0.25, -0.2) is 9.59 Å². The van der Waals surface area contributed by atoms with Gasteiger partial charge in [-0.1, -0.05) is 0 Å². The molecule has 0 aliphatic carbocycles. The average molecular weight is 285 g/mol. The molecule has 0 atom stereocenters. The average Bonchev–Trinajstić information content (AvgIpc) is 2.90. The van der Waals surface area contributed by atoms with Crippen LogP contribution in [-0.2, 0) is 6.42 Å². The van der Waals surface area contributed by atoms with Gasteiger partial charge in [0.25, 0.3) is 5.91 Å². The third-order valence-corrected chi connectivity index (χ3v) is 3.42. The van der Waals surface area contributed by atoms with E-state index in [1.165, 1.54) is 18.2 Å². The summed E-state index contributed by atoms with van der Waals surface area (Å²) in [6.07, 6.45) is 1.73. The molecule has 21 heavy (non-hydrogen) atoms. The van der Waals surface area contributed by atoms with Gasteiger partial charge in [0.15, 0.2) is 0 Å². The molecule has 1 N–H and O–H groups in total. The minimum absolute atomic E-state index is 0.203. The third-order valence-electron chi connectivity index (χ3n) is 3.42. The predicted molar refractivity (Wildman–Crippen MR) is 73.8 cm³/mol. The number of carbonyl (C=O) groups excluding carboxylic acids is 1. The molecule has 1 aliphatic heterocycles. The van der Waals surface area contributed by atoms with Crippen LogP contribution in [0.25, 0.3) is 0 Å². The Balaban J connectivity index is 1.93. The fourth-order valence-electron chi connectivity index (χ4n) is 2.38. The molecule has 2 heterocycles. The van der Waals surface area contributed by atoms with Crippen LogP contribution in [0.15, 0.2) is 45.8 Å². The molecule has 1 amide bonds. The molecule has 0 spiro atoms. The summed E-state index contributed by atoms with van der Waals surface area (Å²) in [5, 5.41) is 8.97. The summed E-state index contributed by atoms with van der Waals surface area (Å²) in [4.78, 5) is 35.8. The van der Waals surface area contributed by atoms with Gasteiger partial charge in [-0.2, -0.15) is 0 Å². The van der Waals surface area contributed by atoms with Crippen molar-refractivity contribution < 1.29 is 19.1 Å². The first-order chi connectivity index (χ1) is 10.1. The number of fused-ring (bicyclic) bond motifs is 1. The number of anilines is 1. The van der Waals surface area contributed by atoms with Crippen molar-refractivity contribution in [2.24, 2.45) is 0 Å². The smallest absolute Gasteiger partial charge is 0.335 e. The van der Waals surface area contributed by atoms with Gasteiger partial charge >= 0.3 is 11.6 Å². The lowest BCUT2D eigenvalue weighted by molar-refractivity contribution is 0.0696. The lowest BCUT2D eigenvalue weighted by Gasteiger charge is -2.17. The molecular formula is C15H11NO5. The molecule has 1 aromatic heterocycles. The molecule has 106 valence electrons. The lowest BCUT2D eigenvalue weighted by Crippen LogP contribution is -2.29. The molecule has 1 aliphatic rings. The predicted octanol–water partition coefficient (Wildman–Crippen LogP) is 1.54. The van der Waals surface area contributed by atoms with Crippen molar-refractivity contribution in [2.75, 3.05) is 11.4 Å². The van der Waals surface area contributed by atoms with Crippen molar-refractivity contribution in [2.45, 2.75) is 6.42 Å². The van der Waals surface area contributed by atoms with E-state index in [1.807, 2.05) is 0 Å². The van der Waals surface area contributed by atoms with Crippen LogP contribution >= 0.6 is 0 Å². The largest absolute Gasteiger partial charge is 0.478 e. The quantitative estimate of drug-likeness (QED) is 0.904. The molecule has 0 saturated carbocycles. The van der Waals surface area contributed by atoms with E-state index < -0.39 is 11.6 Å². The number of hydrogen-bond acceptors (Lipinski definition) is 4. The van der Waals surface area contributed by atoms with Crippen LogP contribution < -0.4 is 10.5 Å². The zero-order valence-electron chi connectivity index (χ0n) is 10.9. The van der Waals surface area contributed by atoms with Crippen LogP contribution in [0, 0.1) is 0 Å². The summed E-state index contributed by atoms with van der Waals surface area (Å²) in [6, 6.07) is 7.28. The van der Waals surface area contributed by atoms with Crippen molar-refractivity contribution in [3.63, 3.8) is 0 Å². The second-order valence-electron chi connectivity index (χ2n) is 4.70. The lowest BCUT2D eigenvalue weighted by atomic mass is 10.1. The van der Waals surface area contributed by atoms with Crippen LogP contribution in [0.2, 0.25) is 0 Å². The van der Waals surface area contributed by atoms with Crippen LogP contribution in [0.4, 0.5) is 5.69 Å². The van der Waals surface area contributed by atoms with Gasteiger partial charge in [0, 0.05) is 18.3 Å². The summed E-state index contributed by atoms with van der Waals surface area (Å²) < 4.78 is 4.70. The van der Waals surface area contributed by atoms with E-state index in [0.717, 1.165) is 11.8 Å². The summed E-state index contributed by atoms with van der Waals surface area (Å²) in [7, 11) is 0. The van der Waals surface area contributed by atoms with Crippen molar-refractivity contribution in [1.82, 2.24) is 0 Å². The highest BCUT2D eigenvalue weighted by Gasteiger charge is 2.26. The highest BCUT2D eigenvalue weighted by atomic mass is 16.4. The second-order valence-corrected chi connectivity index (χ2v) is 4.70. The highest BCUT2D eigenvalue weighted by molar-refractivity contribution is 6.07. The molecule has 6 nitrogen and oxygen atoms in total. The Labute approximate surface area is 119 Å². The van der Waals surface area contributed by atoms with E-state index >= 15 is 0 Å². The fourth-order valence-corrected chi connectivity index (χ4v) is 2.38. The summed E-state index contributed by atoms with van der Waals surface area (Å²) >= 11 is 0. The molecule has 0 unspecified atom stereocenters. The van der Waals surface area contributed by atoms with Gasteiger partial charge < -0.3 is 14.4 Å². The number of hydrogen-bond donors (Lipinski definition) is 1. The third kappa shape index (κ3) is 2.31. The Morgan fingerprint density at radius 3 is 2.57 bits per heavy atom. The van der Waals surface area contributed by atoms with Crippen molar-refractivity contribution >= 4 is 17.6 Å². The number of aromatic carboxylic acids is 1. The van der Waals surface area contributed by atoms with Crippen LogP contribution in [0.1, 0.15) is 26.3 Å². The first-order valence-electron chi connectivity index (χ1n) is 6.33. The van der Waals surface area contributed by atoms with Gasteiger partial charge in [0.05, 0.1) is 11.1 Å². The maximum atomic E-state index is 12.4. The topological polar surface area (TPSA) is 87.8 Å². The Bertz CT molecular complexity index is 772. The number of benzene rings is 1. The van der Waals surface area contributed by atoms with Crippen LogP contribution in [0.5, 0.6) is 0 Å². The van der Waals surface area contributed by atoms with Gasteiger partial charge in [-0.15, -0.1) is 0 Å². The van der Waals surface area contributed by atoms with Gasteiger partial charge in [-0.05, 0) is 36.2 Å². The number of carboxylic acid groups (broad SMARTS) is 1. The van der Waals surface area contributed by atoms with Crippen molar-refractivity contribution in [1.29, 1.82) is 0 Å². The molecule has 6 heteroatoms. The van der Waals surface area contributed by atoms with E-state index in [4.69, 9.17) is 9.52 Å². The molecule has 0 saturated heterocycles. The Morgan fingerprint density at radius 1 is 1.14 bits per heavy atom. The summed E-state index contributed by atoms with van der Waals surface area (Å²) in [5.74, 6) is -1.27. The number of carboxylic acids is 1. The second kappa shape index (κ2) is 4.90. The molecule has 3 rings (SSSR count). The maximum absolute atomic E-state index is 12.4. The van der Waals surface area contributed by atoms with E-state index in [0.29, 0.717) is 18.7 Å². The molecule has 2 aromatic rings. The van der Waals surface area contributed by atoms with Gasteiger partial charge in [0.2, 0.25) is 0 Å².